The first-order valence-electron chi connectivity index (χ1n) is 6.66. The highest BCUT2D eigenvalue weighted by Gasteiger charge is 2.42. The molecule has 2 aromatic rings. The molecular weight excluding hydrogens is 286 g/mol. The third kappa shape index (κ3) is 3.23. The van der Waals surface area contributed by atoms with Crippen LogP contribution in [0.4, 0.5) is 10.5 Å². The summed E-state index contributed by atoms with van der Waals surface area (Å²) in [6.45, 7) is 1.86. The number of aromatic nitrogens is 2. The number of urea groups is 1. The molecule has 1 unspecified atom stereocenters. The maximum Gasteiger partial charge on any atom is 0.322 e. The Kier molecular flexibility index (Phi) is 4.74. The van der Waals surface area contributed by atoms with E-state index in [4.69, 9.17) is 10.5 Å². The molecule has 8 nitrogen and oxygen atoms in total. The highest BCUT2D eigenvalue weighted by atomic mass is 16.5. The molecule has 1 aromatic carbocycles. The molecule has 0 aliphatic rings. The summed E-state index contributed by atoms with van der Waals surface area (Å²) < 4.78 is 5.44. The second-order valence-electron chi connectivity index (χ2n) is 4.41. The topological polar surface area (TPSA) is 122 Å². The van der Waals surface area contributed by atoms with Gasteiger partial charge in [0.05, 0.1) is 11.8 Å². The van der Waals surface area contributed by atoms with Crippen LogP contribution in [0.2, 0.25) is 0 Å². The van der Waals surface area contributed by atoms with Gasteiger partial charge in [0.15, 0.2) is 0 Å². The molecule has 0 saturated heterocycles. The van der Waals surface area contributed by atoms with Gasteiger partial charge in [-0.05, 0) is 19.1 Å². The minimum absolute atomic E-state index is 0.166. The van der Waals surface area contributed by atoms with Crippen LogP contribution in [0.5, 0.6) is 0 Å². The first-order chi connectivity index (χ1) is 10.6. The molecule has 116 valence electrons. The van der Waals surface area contributed by atoms with Crippen molar-refractivity contribution < 1.29 is 14.3 Å². The molecule has 0 spiro atoms. The standard InChI is InChI=1S/C14H17N5O3/c1-2-22-14(12(15)20,10-8-16-17-9-10)19-13(21)18-11-6-4-3-5-7-11/h3-9H,2H2,1H3,(H2,15,20)(H,16,17)(H2,18,19,21). The highest BCUT2D eigenvalue weighted by Crippen LogP contribution is 2.22. The molecule has 2 rings (SSSR count). The number of ether oxygens (including phenoxy) is 1. The third-order valence-corrected chi connectivity index (χ3v) is 2.93. The number of primary amides is 1. The van der Waals surface area contributed by atoms with Gasteiger partial charge in [-0.2, -0.15) is 5.10 Å². The number of aromatic amines is 1. The van der Waals surface area contributed by atoms with Gasteiger partial charge in [-0.15, -0.1) is 0 Å². The van der Waals surface area contributed by atoms with E-state index in [0.29, 0.717) is 11.3 Å². The molecule has 1 heterocycles. The number of hydrogen-bond acceptors (Lipinski definition) is 4. The molecule has 1 atom stereocenters. The third-order valence-electron chi connectivity index (χ3n) is 2.93. The number of nitrogens with zero attached hydrogens (tertiary/aromatic N) is 1. The minimum Gasteiger partial charge on any atom is -0.365 e. The number of nitrogens with two attached hydrogens (primary N) is 1. The van der Waals surface area contributed by atoms with E-state index in [-0.39, 0.29) is 6.61 Å². The quantitative estimate of drug-likeness (QED) is 0.592. The zero-order valence-electron chi connectivity index (χ0n) is 12.0. The smallest absolute Gasteiger partial charge is 0.322 e. The van der Waals surface area contributed by atoms with Crippen LogP contribution in [0, 0.1) is 0 Å². The lowest BCUT2D eigenvalue weighted by atomic mass is 10.1. The molecule has 0 saturated carbocycles. The number of hydrogen-bond donors (Lipinski definition) is 4. The number of carbonyl (C=O) groups is 2. The maximum absolute atomic E-state index is 12.2. The van der Waals surface area contributed by atoms with E-state index in [2.05, 4.69) is 20.8 Å². The predicted molar refractivity (Wildman–Crippen MR) is 79.7 cm³/mol. The molecule has 0 bridgehead atoms. The minimum atomic E-state index is -1.79. The number of carbonyl (C=O) groups excluding carboxylic acids is 2. The van der Waals surface area contributed by atoms with Crippen LogP contribution in [-0.2, 0) is 15.3 Å². The van der Waals surface area contributed by atoms with Gasteiger partial charge >= 0.3 is 6.03 Å². The number of para-hydroxylation sites is 1. The Morgan fingerprint density at radius 3 is 2.64 bits per heavy atom. The summed E-state index contributed by atoms with van der Waals surface area (Å²) in [7, 11) is 0. The van der Waals surface area contributed by atoms with E-state index < -0.39 is 17.7 Å². The van der Waals surface area contributed by atoms with E-state index in [9.17, 15) is 9.59 Å². The van der Waals surface area contributed by atoms with E-state index in [1.807, 2.05) is 6.07 Å². The molecule has 5 N–H and O–H groups in total. The molecule has 0 fully saturated rings. The van der Waals surface area contributed by atoms with Crippen LogP contribution < -0.4 is 16.4 Å². The van der Waals surface area contributed by atoms with E-state index in [1.165, 1.54) is 12.4 Å². The van der Waals surface area contributed by atoms with E-state index >= 15 is 0 Å². The van der Waals surface area contributed by atoms with Crippen LogP contribution in [0.15, 0.2) is 42.7 Å². The van der Waals surface area contributed by atoms with Gasteiger partial charge in [0, 0.05) is 18.5 Å². The SMILES string of the molecule is CCOC(NC(=O)Nc1ccccc1)(C(N)=O)c1cn[nH]c1. The molecule has 1 aromatic heterocycles. The number of nitrogens with one attached hydrogen (secondary N) is 3. The molecule has 22 heavy (non-hydrogen) atoms. The Morgan fingerprint density at radius 2 is 2.09 bits per heavy atom. The van der Waals surface area contributed by atoms with Gasteiger partial charge in [0.2, 0.25) is 0 Å². The van der Waals surface area contributed by atoms with Gasteiger partial charge in [0.25, 0.3) is 11.6 Å². The zero-order chi connectivity index (χ0) is 16.0. The van der Waals surface area contributed by atoms with Crippen molar-refractivity contribution >= 4 is 17.6 Å². The molecule has 8 heteroatoms. The first kappa shape index (κ1) is 15.5. The molecule has 0 aliphatic carbocycles. The lowest BCUT2D eigenvalue weighted by molar-refractivity contribution is -0.148. The predicted octanol–water partition coefficient (Wildman–Crippen LogP) is 0.906. The molecule has 0 aliphatic heterocycles. The van der Waals surface area contributed by atoms with Gasteiger partial charge < -0.3 is 15.8 Å². The van der Waals surface area contributed by atoms with Crippen molar-refractivity contribution in [3.63, 3.8) is 0 Å². The number of rotatable bonds is 6. The van der Waals surface area contributed by atoms with Crippen LogP contribution in [0.1, 0.15) is 12.5 Å². The van der Waals surface area contributed by atoms with E-state index in [0.717, 1.165) is 0 Å². The Labute approximate surface area is 127 Å². The van der Waals surface area contributed by atoms with Crippen molar-refractivity contribution in [3.8, 4) is 0 Å². The lowest BCUT2D eigenvalue weighted by Gasteiger charge is -2.30. The second-order valence-corrected chi connectivity index (χ2v) is 4.41. The highest BCUT2D eigenvalue weighted by molar-refractivity contribution is 5.95. The summed E-state index contributed by atoms with van der Waals surface area (Å²) >= 11 is 0. The summed E-state index contributed by atoms with van der Waals surface area (Å²) in [5.74, 6) is -0.848. The van der Waals surface area contributed by atoms with Gasteiger partial charge in [-0.3, -0.25) is 15.2 Å². The Morgan fingerprint density at radius 1 is 1.36 bits per heavy atom. The zero-order valence-corrected chi connectivity index (χ0v) is 12.0. The van der Waals surface area contributed by atoms with Gasteiger partial charge in [-0.25, -0.2) is 4.79 Å². The second kappa shape index (κ2) is 6.72. The van der Waals surface area contributed by atoms with Crippen LogP contribution in [-0.4, -0.2) is 28.7 Å². The number of amides is 3. The number of anilines is 1. The van der Waals surface area contributed by atoms with Crippen LogP contribution in [0.25, 0.3) is 0 Å². The van der Waals surface area contributed by atoms with Gasteiger partial charge in [0.1, 0.15) is 0 Å². The fourth-order valence-electron chi connectivity index (χ4n) is 1.97. The van der Waals surface area contributed by atoms with Crippen molar-refractivity contribution in [3.05, 3.63) is 48.3 Å². The first-order valence-corrected chi connectivity index (χ1v) is 6.66. The van der Waals surface area contributed by atoms with Crippen LogP contribution in [0.3, 0.4) is 0 Å². The monoisotopic (exact) mass is 303 g/mol. The fourth-order valence-corrected chi connectivity index (χ4v) is 1.97. The fraction of sp³-hybridized carbons (Fsp3) is 0.214. The Balaban J connectivity index is 2.23. The molecular formula is C14H17N5O3. The summed E-state index contributed by atoms with van der Waals surface area (Å²) in [6, 6.07) is 8.17. The summed E-state index contributed by atoms with van der Waals surface area (Å²) in [5.41, 5.74) is 4.53. The van der Waals surface area contributed by atoms with Crippen molar-refractivity contribution in [2.45, 2.75) is 12.6 Å². The normalized spacial score (nSPS) is 13.1. The lowest BCUT2D eigenvalue weighted by Crippen LogP contribution is -2.57. The summed E-state index contributed by atoms with van der Waals surface area (Å²) in [4.78, 5) is 24.1. The Bertz CT molecular complexity index is 629. The van der Waals surface area contributed by atoms with Crippen molar-refractivity contribution in [1.29, 1.82) is 0 Å². The Hall–Kier alpha value is -2.87. The molecule has 3 amide bonds. The molecule has 0 radical (unpaired) electrons. The average Bonchev–Trinajstić information content (AvgIpc) is 3.02. The summed E-state index contributed by atoms with van der Waals surface area (Å²) in [5, 5.41) is 11.4. The van der Waals surface area contributed by atoms with Crippen LogP contribution >= 0.6 is 0 Å². The van der Waals surface area contributed by atoms with Gasteiger partial charge in [-0.1, -0.05) is 18.2 Å². The number of H-pyrrole nitrogens is 1. The average molecular weight is 303 g/mol. The summed E-state index contributed by atoms with van der Waals surface area (Å²) in [6.07, 6.45) is 2.80. The van der Waals surface area contributed by atoms with E-state index in [1.54, 1.807) is 31.2 Å². The maximum atomic E-state index is 12.2. The van der Waals surface area contributed by atoms with Crippen molar-refractivity contribution in [2.24, 2.45) is 5.73 Å². The largest absolute Gasteiger partial charge is 0.365 e. The van der Waals surface area contributed by atoms with Crippen molar-refractivity contribution in [1.82, 2.24) is 15.5 Å². The van der Waals surface area contributed by atoms with Crippen molar-refractivity contribution in [2.75, 3.05) is 11.9 Å². The number of benzene rings is 1.